The number of hydrogen-bond acceptors (Lipinski definition) is 4. The summed E-state index contributed by atoms with van der Waals surface area (Å²) in [6.07, 6.45) is 1.68. The first kappa shape index (κ1) is 8.16. The molecule has 1 unspecified atom stereocenters. The van der Waals surface area contributed by atoms with Crippen molar-refractivity contribution in [2.24, 2.45) is 0 Å². The topological polar surface area (TPSA) is 62.8 Å². The van der Waals surface area contributed by atoms with Crippen LogP contribution in [0.15, 0.2) is 6.20 Å². The maximum absolute atomic E-state index is 4.97. The third-order valence-corrected chi connectivity index (χ3v) is 1.47. The Morgan fingerprint density at radius 3 is 3.09 bits per heavy atom. The Morgan fingerprint density at radius 1 is 1.82 bits per heavy atom. The maximum atomic E-state index is 4.97. The van der Waals surface area contributed by atoms with Gasteiger partial charge in [0.2, 0.25) is 0 Å². The normalized spacial score (nSPS) is 13.3. The Kier molecular flexibility index (Phi) is 3.00. The van der Waals surface area contributed by atoms with E-state index in [0.717, 1.165) is 5.69 Å². The number of ether oxygens (including phenoxy) is 1. The molecule has 1 rings (SSSR count). The van der Waals surface area contributed by atoms with E-state index < -0.39 is 0 Å². The number of aromatic amines is 1. The second-order valence-electron chi connectivity index (χ2n) is 2.19. The van der Waals surface area contributed by atoms with Crippen molar-refractivity contribution in [3.05, 3.63) is 11.9 Å². The fourth-order valence-corrected chi connectivity index (χ4v) is 0.862. The van der Waals surface area contributed by atoms with Crippen molar-refractivity contribution >= 4 is 0 Å². The average Bonchev–Trinajstić information content (AvgIpc) is 2.52. The van der Waals surface area contributed by atoms with Crippen LogP contribution in [0.2, 0.25) is 0 Å². The SMILES string of the molecule is CNC(COC)c1cn[nH]n1. The van der Waals surface area contributed by atoms with Gasteiger partial charge in [0.05, 0.1) is 18.8 Å². The first-order chi connectivity index (χ1) is 5.38. The number of nitrogens with one attached hydrogen (secondary N) is 2. The van der Waals surface area contributed by atoms with Gasteiger partial charge in [0, 0.05) is 7.11 Å². The van der Waals surface area contributed by atoms with Gasteiger partial charge < -0.3 is 10.1 Å². The Labute approximate surface area is 65.1 Å². The molecule has 0 spiro atoms. The van der Waals surface area contributed by atoms with Crippen molar-refractivity contribution in [3.63, 3.8) is 0 Å². The molecule has 5 heteroatoms. The van der Waals surface area contributed by atoms with Crippen LogP contribution in [0.3, 0.4) is 0 Å². The van der Waals surface area contributed by atoms with E-state index in [9.17, 15) is 0 Å². The molecule has 0 aromatic carbocycles. The second kappa shape index (κ2) is 4.05. The lowest BCUT2D eigenvalue weighted by Gasteiger charge is -2.10. The zero-order valence-corrected chi connectivity index (χ0v) is 6.66. The third kappa shape index (κ3) is 1.99. The summed E-state index contributed by atoms with van der Waals surface area (Å²) in [5.41, 5.74) is 0.870. The number of likely N-dealkylation sites (N-methyl/N-ethyl adjacent to an activating group) is 1. The van der Waals surface area contributed by atoms with Crippen LogP contribution in [-0.4, -0.2) is 36.2 Å². The lowest BCUT2D eigenvalue weighted by atomic mass is 10.2. The summed E-state index contributed by atoms with van der Waals surface area (Å²) in [4.78, 5) is 0. The fourth-order valence-electron chi connectivity index (χ4n) is 0.862. The van der Waals surface area contributed by atoms with E-state index >= 15 is 0 Å². The summed E-state index contributed by atoms with van der Waals surface area (Å²) in [6, 6.07) is 0.124. The van der Waals surface area contributed by atoms with Gasteiger partial charge in [-0.2, -0.15) is 15.4 Å². The monoisotopic (exact) mass is 156 g/mol. The van der Waals surface area contributed by atoms with Crippen LogP contribution < -0.4 is 5.32 Å². The predicted molar refractivity (Wildman–Crippen MR) is 40.1 cm³/mol. The van der Waals surface area contributed by atoms with E-state index in [1.54, 1.807) is 13.3 Å². The minimum atomic E-state index is 0.124. The van der Waals surface area contributed by atoms with Gasteiger partial charge in [-0.15, -0.1) is 0 Å². The van der Waals surface area contributed by atoms with Crippen molar-refractivity contribution in [1.82, 2.24) is 20.7 Å². The van der Waals surface area contributed by atoms with E-state index in [1.807, 2.05) is 7.05 Å². The van der Waals surface area contributed by atoms with Crippen molar-refractivity contribution < 1.29 is 4.74 Å². The van der Waals surface area contributed by atoms with Crippen LogP contribution in [0, 0.1) is 0 Å². The Balaban J connectivity index is 2.56. The first-order valence-electron chi connectivity index (χ1n) is 3.40. The largest absolute Gasteiger partial charge is 0.383 e. The molecule has 0 aliphatic carbocycles. The van der Waals surface area contributed by atoms with E-state index in [-0.39, 0.29) is 6.04 Å². The summed E-state index contributed by atoms with van der Waals surface area (Å²) in [5, 5.41) is 13.2. The first-order valence-corrected chi connectivity index (χ1v) is 3.40. The molecule has 0 saturated carbocycles. The Hall–Kier alpha value is -0.940. The summed E-state index contributed by atoms with van der Waals surface area (Å²) in [7, 11) is 3.52. The molecule has 0 radical (unpaired) electrons. The third-order valence-electron chi connectivity index (χ3n) is 1.47. The van der Waals surface area contributed by atoms with Gasteiger partial charge in [-0.3, -0.25) is 0 Å². The summed E-state index contributed by atoms with van der Waals surface area (Å²) < 4.78 is 4.97. The molecule has 1 heterocycles. The minimum Gasteiger partial charge on any atom is -0.383 e. The van der Waals surface area contributed by atoms with Crippen LogP contribution in [0.1, 0.15) is 11.7 Å². The van der Waals surface area contributed by atoms with Gasteiger partial charge in [0.1, 0.15) is 5.69 Å². The Morgan fingerprint density at radius 2 is 2.64 bits per heavy atom. The number of nitrogens with zero attached hydrogens (tertiary/aromatic N) is 2. The lowest BCUT2D eigenvalue weighted by Crippen LogP contribution is -2.21. The fraction of sp³-hybridized carbons (Fsp3) is 0.667. The highest BCUT2D eigenvalue weighted by Crippen LogP contribution is 2.05. The number of methoxy groups -OCH3 is 1. The van der Waals surface area contributed by atoms with Gasteiger partial charge in [0.15, 0.2) is 0 Å². The molecule has 1 aromatic heterocycles. The van der Waals surface area contributed by atoms with Crippen LogP contribution in [-0.2, 0) is 4.74 Å². The zero-order chi connectivity index (χ0) is 8.10. The van der Waals surface area contributed by atoms with Gasteiger partial charge in [-0.05, 0) is 7.05 Å². The molecule has 2 N–H and O–H groups in total. The highest BCUT2D eigenvalue weighted by Gasteiger charge is 2.10. The van der Waals surface area contributed by atoms with E-state index in [4.69, 9.17) is 4.74 Å². The summed E-state index contributed by atoms with van der Waals surface area (Å²) in [6.45, 7) is 0.600. The maximum Gasteiger partial charge on any atom is 0.102 e. The smallest absolute Gasteiger partial charge is 0.102 e. The van der Waals surface area contributed by atoms with Crippen molar-refractivity contribution in [2.45, 2.75) is 6.04 Å². The molecule has 0 amide bonds. The molecule has 11 heavy (non-hydrogen) atoms. The molecule has 0 fully saturated rings. The van der Waals surface area contributed by atoms with Crippen LogP contribution >= 0.6 is 0 Å². The Bertz CT molecular complexity index is 186. The highest BCUT2D eigenvalue weighted by atomic mass is 16.5. The predicted octanol–water partition coefficient (Wildman–Crippen LogP) is -0.288. The molecule has 1 aromatic rings. The van der Waals surface area contributed by atoms with Crippen molar-refractivity contribution in [2.75, 3.05) is 20.8 Å². The molecular weight excluding hydrogens is 144 g/mol. The molecule has 0 aliphatic heterocycles. The minimum absolute atomic E-state index is 0.124. The molecule has 1 atom stereocenters. The number of aromatic nitrogens is 3. The number of rotatable bonds is 4. The lowest BCUT2D eigenvalue weighted by molar-refractivity contribution is 0.169. The van der Waals surface area contributed by atoms with Crippen LogP contribution in [0.25, 0.3) is 0 Å². The average molecular weight is 156 g/mol. The molecule has 62 valence electrons. The molecule has 0 saturated heterocycles. The van der Waals surface area contributed by atoms with Crippen LogP contribution in [0.5, 0.6) is 0 Å². The highest BCUT2D eigenvalue weighted by molar-refractivity contribution is 4.98. The van der Waals surface area contributed by atoms with Crippen molar-refractivity contribution in [1.29, 1.82) is 0 Å². The molecule has 0 bridgehead atoms. The van der Waals surface area contributed by atoms with Crippen molar-refractivity contribution in [3.8, 4) is 0 Å². The molecule has 5 nitrogen and oxygen atoms in total. The van der Waals surface area contributed by atoms with Gasteiger partial charge >= 0.3 is 0 Å². The zero-order valence-electron chi connectivity index (χ0n) is 6.66. The molecular formula is C6H12N4O. The van der Waals surface area contributed by atoms with Crippen LogP contribution in [0.4, 0.5) is 0 Å². The van der Waals surface area contributed by atoms with E-state index in [0.29, 0.717) is 6.61 Å². The van der Waals surface area contributed by atoms with Gasteiger partial charge in [-0.25, -0.2) is 0 Å². The quantitative estimate of drug-likeness (QED) is 0.629. The van der Waals surface area contributed by atoms with Gasteiger partial charge in [0.25, 0.3) is 0 Å². The summed E-state index contributed by atoms with van der Waals surface area (Å²) >= 11 is 0. The standard InChI is InChI=1S/C6H12N4O/c1-7-6(4-11-2)5-3-8-10-9-5/h3,6-7H,4H2,1-2H3,(H,8,9,10). The second-order valence-corrected chi connectivity index (χ2v) is 2.19. The van der Waals surface area contributed by atoms with E-state index in [2.05, 4.69) is 20.7 Å². The van der Waals surface area contributed by atoms with Gasteiger partial charge in [-0.1, -0.05) is 0 Å². The molecule has 0 aliphatic rings. The van der Waals surface area contributed by atoms with E-state index in [1.165, 1.54) is 0 Å². The number of hydrogen-bond donors (Lipinski definition) is 2. The summed E-state index contributed by atoms with van der Waals surface area (Å²) in [5.74, 6) is 0. The number of H-pyrrole nitrogens is 1.